The smallest absolute Gasteiger partial charge is 0.244 e. The minimum atomic E-state index is -1.34. The molecule has 2 aromatic heterocycles. The van der Waals surface area contributed by atoms with E-state index < -0.39 is 5.41 Å². The summed E-state index contributed by atoms with van der Waals surface area (Å²) in [5, 5.41) is 12.9. The van der Waals surface area contributed by atoms with Gasteiger partial charge in [-0.2, -0.15) is 0 Å². The van der Waals surface area contributed by atoms with Crippen LogP contribution in [-0.4, -0.2) is 31.8 Å². The highest BCUT2D eigenvalue weighted by Gasteiger charge is 2.58. The lowest BCUT2D eigenvalue weighted by molar-refractivity contribution is -0.126. The molecule has 1 spiro atoms. The molecule has 180 valence electrons. The van der Waals surface area contributed by atoms with E-state index in [1.54, 1.807) is 46.1 Å². The number of carbonyl (C=O) groups is 2. The van der Waals surface area contributed by atoms with E-state index >= 15 is 0 Å². The van der Waals surface area contributed by atoms with Gasteiger partial charge in [0.2, 0.25) is 11.8 Å². The van der Waals surface area contributed by atoms with Gasteiger partial charge in [-0.1, -0.05) is 46.6 Å². The lowest BCUT2D eigenvalue weighted by atomic mass is 9.73. The lowest BCUT2D eigenvalue weighted by Gasteiger charge is -2.31. The number of nitrogens with zero attached hydrogens (tertiary/aromatic N) is 5. The molecule has 2 amide bonds. The van der Waals surface area contributed by atoms with Gasteiger partial charge in [0, 0.05) is 21.9 Å². The first-order valence-electron chi connectivity index (χ1n) is 11.4. The third-order valence-electron chi connectivity index (χ3n) is 6.87. The van der Waals surface area contributed by atoms with Crippen molar-refractivity contribution in [1.82, 2.24) is 20.0 Å². The Morgan fingerprint density at radius 1 is 1.06 bits per heavy atom. The van der Waals surface area contributed by atoms with Crippen molar-refractivity contribution in [2.45, 2.75) is 31.3 Å². The number of aromatic nitrogens is 4. The number of benzene rings is 2. The average Bonchev–Trinajstić information content (AvgIpc) is 3.39. The van der Waals surface area contributed by atoms with Gasteiger partial charge in [-0.3, -0.25) is 14.6 Å². The van der Waals surface area contributed by atoms with Crippen LogP contribution in [0.4, 0.5) is 11.5 Å². The largest absolute Gasteiger partial charge is 0.309 e. The van der Waals surface area contributed by atoms with Crippen molar-refractivity contribution in [2.24, 2.45) is 0 Å². The fourth-order valence-electron chi connectivity index (χ4n) is 5.10. The lowest BCUT2D eigenvalue weighted by Crippen LogP contribution is -2.47. The zero-order valence-corrected chi connectivity index (χ0v) is 20.7. The monoisotopic (exact) mass is 518 g/mol. The Morgan fingerprint density at radius 3 is 2.58 bits per heavy atom. The molecule has 0 radical (unpaired) electrons. The van der Waals surface area contributed by atoms with Crippen LogP contribution >= 0.6 is 23.2 Å². The Balaban J connectivity index is 1.50. The zero-order chi connectivity index (χ0) is 25.0. The van der Waals surface area contributed by atoms with Crippen molar-refractivity contribution in [1.29, 1.82) is 0 Å². The first-order valence-corrected chi connectivity index (χ1v) is 12.2. The van der Waals surface area contributed by atoms with E-state index in [0.29, 0.717) is 32.8 Å². The number of carbonyl (C=O) groups excluding carboxylic acids is 2. The van der Waals surface area contributed by atoms with Crippen molar-refractivity contribution in [3.05, 3.63) is 99.4 Å². The van der Waals surface area contributed by atoms with Gasteiger partial charge in [0.1, 0.15) is 11.1 Å². The number of halogens is 2. The van der Waals surface area contributed by atoms with Crippen molar-refractivity contribution < 1.29 is 9.59 Å². The predicted molar refractivity (Wildman–Crippen MR) is 136 cm³/mol. The number of fused-ring (bicyclic) bond motifs is 4. The van der Waals surface area contributed by atoms with Crippen LogP contribution in [0.25, 0.3) is 0 Å². The molecule has 0 fully saturated rings. The van der Waals surface area contributed by atoms with Gasteiger partial charge in [-0.05, 0) is 60.5 Å². The third kappa shape index (κ3) is 3.40. The molecule has 2 atom stereocenters. The molecule has 1 N–H and O–H groups in total. The van der Waals surface area contributed by atoms with E-state index in [-0.39, 0.29) is 30.8 Å². The summed E-state index contributed by atoms with van der Waals surface area (Å²) < 4.78 is 1.64. The molecule has 4 aromatic rings. The van der Waals surface area contributed by atoms with E-state index in [1.807, 2.05) is 37.3 Å². The number of hydrogen-bond donors (Lipinski definition) is 1. The van der Waals surface area contributed by atoms with Gasteiger partial charge < -0.3 is 10.2 Å². The minimum Gasteiger partial charge on any atom is -0.309 e. The highest BCUT2D eigenvalue weighted by Crippen LogP contribution is 2.52. The third-order valence-corrected chi connectivity index (χ3v) is 7.35. The van der Waals surface area contributed by atoms with E-state index in [1.165, 1.54) is 0 Å². The van der Waals surface area contributed by atoms with Crippen molar-refractivity contribution in [3.63, 3.8) is 0 Å². The van der Waals surface area contributed by atoms with E-state index in [4.69, 9.17) is 23.2 Å². The van der Waals surface area contributed by atoms with Crippen LogP contribution in [0.2, 0.25) is 10.0 Å². The van der Waals surface area contributed by atoms with E-state index in [0.717, 1.165) is 11.3 Å². The highest BCUT2D eigenvalue weighted by atomic mass is 35.5. The Morgan fingerprint density at radius 2 is 1.83 bits per heavy atom. The van der Waals surface area contributed by atoms with Gasteiger partial charge in [-0.25, -0.2) is 4.68 Å². The summed E-state index contributed by atoms with van der Waals surface area (Å²) >= 11 is 12.5. The van der Waals surface area contributed by atoms with Crippen LogP contribution in [0.1, 0.15) is 41.9 Å². The normalized spacial score (nSPS) is 19.2. The topological polar surface area (TPSA) is 93.0 Å². The maximum atomic E-state index is 14.2. The fourth-order valence-corrected chi connectivity index (χ4v) is 5.40. The van der Waals surface area contributed by atoms with E-state index in [9.17, 15) is 9.59 Å². The van der Waals surface area contributed by atoms with Crippen LogP contribution in [0.15, 0.2) is 66.9 Å². The Labute approximate surface area is 216 Å². The van der Waals surface area contributed by atoms with Gasteiger partial charge in [0.05, 0.1) is 24.7 Å². The second-order valence-electron chi connectivity index (χ2n) is 8.96. The quantitative estimate of drug-likeness (QED) is 0.420. The van der Waals surface area contributed by atoms with Gasteiger partial charge in [0.15, 0.2) is 5.82 Å². The number of nitrogens with one attached hydrogen (secondary N) is 1. The number of amides is 2. The molecule has 2 aliphatic heterocycles. The predicted octanol–water partition coefficient (Wildman–Crippen LogP) is 4.76. The summed E-state index contributed by atoms with van der Waals surface area (Å²) in [7, 11) is 0. The number of anilines is 2. The molecule has 4 heterocycles. The number of pyridine rings is 1. The van der Waals surface area contributed by atoms with Crippen LogP contribution in [-0.2, 0) is 21.5 Å². The van der Waals surface area contributed by atoms with Crippen LogP contribution in [0, 0.1) is 0 Å². The molecule has 6 rings (SSSR count). The molecule has 0 bridgehead atoms. The molecular weight excluding hydrogens is 499 g/mol. The minimum absolute atomic E-state index is 0.0983. The molecule has 0 saturated heterocycles. The maximum absolute atomic E-state index is 14.2. The SMILES string of the molecule is CC(c1ccc(Cl)cc1)n1nnc2c1NC(=O)C[C@]21C(=O)N(Cc2ccccn2)c2ccc(Cl)cc21. The molecule has 0 aliphatic carbocycles. The van der Waals surface area contributed by atoms with Gasteiger partial charge >= 0.3 is 0 Å². The first-order chi connectivity index (χ1) is 17.4. The van der Waals surface area contributed by atoms with Crippen molar-refractivity contribution in [3.8, 4) is 0 Å². The van der Waals surface area contributed by atoms with Crippen LogP contribution in [0.5, 0.6) is 0 Å². The molecule has 8 nitrogen and oxygen atoms in total. The summed E-state index contributed by atoms with van der Waals surface area (Å²) in [5.74, 6) is -0.159. The van der Waals surface area contributed by atoms with E-state index in [2.05, 4.69) is 20.6 Å². The Hall–Kier alpha value is -3.75. The summed E-state index contributed by atoms with van der Waals surface area (Å²) in [6, 6.07) is 18.0. The van der Waals surface area contributed by atoms with Crippen LogP contribution in [0.3, 0.4) is 0 Å². The number of rotatable bonds is 4. The molecule has 36 heavy (non-hydrogen) atoms. The van der Waals surface area contributed by atoms with Crippen molar-refractivity contribution >= 4 is 46.5 Å². The second kappa shape index (κ2) is 8.43. The first kappa shape index (κ1) is 22.7. The molecule has 2 aromatic carbocycles. The molecular formula is C26H20Cl2N6O2. The second-order valence-corrected chi connectivity index (χ2v) is 9.84. The zero-order valence-electron chi connectivity index (χ0n) is 19.2. The molecule has 1 unspecified atom stereocenters. The average molecular weight is 519 g/mol. The summed E-state index contributed by atoms with van der Waals surface area (Å²) in [5.41, 5.74) is 2.03. The highest BCUT2D eigenvalue weighted by molar-refractivity contribution is 6.31. The molecule has 0 saturated carbocycles. The molecule has 10 heteroatoms. The van der Waals surface area contributed by atoms with Gasteiger partial charge in [-0.15, -0.1) is 5.10 Å². The van der Waals surface area contributed by atoms with Gasteiger partial charge in [0.25, 0.3) is 0 Å². The Kier molecular flexibility index (Phi) is 5.31. The summed E-state index contributed by atoms with van der Waals surface area (Å²) in [4.78, 5) is 33.4. The fraction of sp³-hybridized carbons (Fsp3) is 0.192. The number of hydrogen-bond acceptors (Lipinski definition) is 5. The molecule has 2 aliphatic rings. The Bertz CT molecular complexity index is 1500. The van der Waals surface area contributed by atoms with Crippen molar-refractivity contribution in [2.75, 3.05) is 10.2 Å². The maximum Gasteiger partial charge on any atom is 0.244 e. The standard InChI is InChI=1S/C26H20Cl2N6O2/c1-15(16-5-7-17(27)8-6-16)34-24-23(31-32-34)26(13-22(35)30-24)20-12-18(28)9-10-21(20)33(25(26)36)14-19-4-2-3-11-29-19/h2-12,15H,13-14H2,1H3,(H,30,35)/t15?,26-/m1/s1. The summed E-state index contributed by atoms with van der Waals surface area (Å²) in [6.45, 7) is 2.20. The van der Waals surface area contributed by atoms with Crippen LogP contribution < -0.4 is 10.2 Å². The summed E-state index contributed by atoms with van der Waals surface area (Å²) in [6.07, 6.45) is 1.59.